The van der Waals surface area contributed by atoms with Gasteiger partial charge in [0, 0.05) is 16.3 Å². The molecule has 3 heteroatoms. The van der Waals surface area contributed by atoms with Crippen molar-refractivity contribution in [1.29, 1.82) is 0 Å². The van der Waals surface area contributed by atoms with Crippen LogP contribution in [0.5, 0.6) is 11.5 Å². The van der Waals surface area contributed by atoms with Crippen molar-refractivity contribution < 1.29 is 9.15 Å². The molecule has 0 saturated carbocycles. The van der Waals surface area contributed by atoms with Crippen molar-refractivity contribution >= 4 is 45.0 Å². The summed E-state index contributed by atoms with van der Waals surface area (Å²) >= 11 is 0. The number of benzene rings is 7. The van der Waals surface area contributed by atoms with Crippen LogP contribution in [0.4, 0.5) is 0 Å². The first-order chi connectivity index (χ1) is 22.3. The third-order valence-electron chi connectivity index (χ3n) is 9.06. The van der Waals surface area contributed by atoms with E-state index in [0.29, 0.717) is 0 Å². The molecule has 1 aliphatic rings. The molecule has 0 N–H and O–H groups in total. The van der Waals surface area contributed by atoms with Crippen LogP contribution >= 0.6 is 0 Å². The first kappa shape index (κ1) is 25.7. The van der Waals surface area contributed by atoms with E-state index in [9.17, 15) is 0 Å². The maximum atomic E-state index is 6.62. The van der Waals surface area contributed by atoms with E-state index < -0.39 is 0 Å². The Kier molecular flexibility index (Phi) is 5.95. The minimum absolute atomic E-state index is 0.0635. The van der Waals surface area contributed by atoms with E-state index in [1.165, 1.54) is 22.2 Å². The minimum atomic E-state index is -0.0635. The molecule has 8 aromatic rings. The van der Waals surface area contributed by atoms with Crippen molar-refractivity contribution in [2.24, 2.45) is 0 Å². The lowest BCUT2D eigenvalue weighted by molar-refractivity contribution is 0.487. The topological polar surface area (TPSA) is 22.4 Å². The Morgan fingerprint density at radius 3 is 1.71 bits per heavy atom. The van der Waals surface area contributed by atoms with Gasteiger partial charge >= 0.3 is 0 Å². The molecule has 0 fully saturated rings. The van der Waals surface area contributed by atoms with E-state index in [4.69, 9.17) is 9.15 Å². The fourth-order valence-corrected chi connectivity index (χ4v) is 7.11. The number of fused-ring (bicyclic) bond motifs is 5. The second-order valence-electron chi connectivity index (χ2n) is 11.6. The summed E-state index contributed by atoms with van der Waals surface area (Å²) in [7, 11) is 0. The van der Waals surface area contributed by atoms with Crippen LogP contribution in [-0.2, 0) is 0 Å². The molecule has 7 aromatic carbocycles. The van der Waals surface area contributed by atoms with Gasteiger partial charge in [0.1, 0.15) is 22.7 Å². The highest BCUT2D eigenvalue weighted by Crippen LogP contribution is 2.41. The lowest BCUT2D eigenvalue weighted by Crippen LogP contribution is -2.56. The largest absolute Gasteiger partial charge is 0.458 e. The van der Waals surface area contributed by atoms with Gasteiger partial charge < -0.3 is 9.15 Å². The summed E-state index contributed by atoms with van der Waals surface area (Å²) in [5, 5.41) is 2.25. The maximum absolute atomic E-state index is 6.62. The number of rotatable bonds is 4. The lowest BCUT2D eigenvalue weighted by atomic mass is 9.34. The van der Waals surface area contributed by atoms with Crippen molar-refractivity contribution in [2.45, 2.75) is 0 Å². The van der Waals surface area contributed by atoms with E-state index in [1.807, 2.05) is 6.07 Å². The molecule has 0 amide bonds. The zero-order valence-electron chi connectivity index (χ0n) is 24.5. The molecule has 0 atom stereocenters. The van der Waals surface area contributed by atoms with Gasteiger partial charge in [0.15, 0.2) is 0 Å². The summed E-state index contributed by atoms with van der Waals surface area (Å²) in [6.07, 6.45) is 0. The lowest BCUT2D eigenvalue weighted by Gasteiger charge is -2.30. The fraction of sp³-hybridized carbons (Fsp3) is 0. The van der Waals surface area contributed by atoms with Gasteiger partial charge in [-0.15, -0.1) is 0 Å². The number of hydrogen-bond donors (Lipinski definition) is 0. The Morgan fingerprint density at radius 1 is 0.400 bits per heavy atom. The van der Waals surface area contributed by atoms with Gasteiger partial charge in [-0.05, 0) is 56.9 Å². The van der Waals surface area contributed by atoms with Crippen LogP contribution in [0.3, 0.4) is 0 Å². The van der Waals surface area contributed by atoms with Crippen LogP contribution < -0.4 is 21.1 Å². The third kappa shape index (κ3) is 4.12. The average molecular weight is 574 g/mol. The molecule has 0 bridgehead atoms. The van der Waals surface area contributed by atoms with E-state index in [0.717, 1.165) is 61.1 Å². The first-order valence-corrected chi connectivity index (χ1v) is 15.4. The zero-order valence-corrected chi connectivity index (χ0v) is 24.5. The molecule has 1 aliphatic heterocycles. The van der Waals surface area contributed by atoms with Crippen LogP contribution in [0.25, 0.3) is 55.3 Å². The number of furan rings is 1. The van der Waals surface area contributed by atoms with Crippen molar-refractivity contribution in [3.63, 3.8) is 0 Å². The van der Waals surface area contributed by atoms with E-state index in [2.05, 4.69) is 158 Å². The van der Waals surface area contributed by atoms with Gasteiger partial charge in [0.2, 0.25) is 0 Å². The molecule has 0 saturated heterocycles. The average Bonchev–Trinajstić information content (AvgIpc) is 3.50. The van der Waals surface area contributed by atoms with E-state index in [1.54, 1.807) is 0 Å². The SMILES string of the molecule is c1ccc(-c2ccc(-c3cccc4c3oc3ccccc34)c(-c3ccccc3)c2B2c3ccccc3Oc3ccccc32)cc1. The van der Waals surface area contributed by atoms with Gasteiger partial charge in [-0.1, -0.05) is 151 Å². The number of hydrogen-bond acceptors (Lipinski definition) is 2. The molecule has 45 heavy (non-hydrogen) atoms. The molecule has 2 heterocycles. The predicted octanol–water partition coefficient (Wildman–Crippen LogP) is 9.21. The molecule has 1 aromatic heterocycles. The highest BCUT2D eigenvalue weighted by Gasteiger charge is 2.36. The van der Waals surface area contributed by atoms with Gasteiger partial charge in [0.05, 0.1) is 0 Å². The normalized spacial score (nSPS) is 12.1. The quantitative estimate of drug-likeness (QED) is 0.196. The molecular weight excluding hydrogens is 547 g/mol. The molecule has 0 radical (unpaired) electrons. The van der Waals surface area contributed by atoms with Crippen molar-refractivity contribution in [1.82, 2.24) is 0 Å². The molecule has 0 unspecified atom stereocenters. The van der Waals surface area contributed by atoms with Gasteiger partial charge in [0.25, 0.3) is 6.71 Å². The minimum Gasteiger partial charge on any atom is -0.458 e. The van der Waals surface area contributed by atoms with Crippen LogP contribution in [-0.4, -0.2) is 6.71 Å². The molecule has 0 aliphatic carbocycles. The van der Waals surface area contributed by atoms with Crippen LogP contribution in [0.1, 0.15) is 0 Å². The summed E-state index contributed by atoms with van der Waals surface area (Å²) in [6, 6.07) is 57.9. The molecule has 210 valence electrons. The standard InChI is InChI=1S/C42H27BO2/c1-3-14-28(15-4-1)30-26-27-32(34-20-13-19-33-31-18-7-10-23-37(31)45-42(33)34)40(29-16-5-2-6-17-29)41(30)43-35-21-8-11-24-38(35)44-39-25-12-9-22-36(39)43/h1-27H. The predicted molar refractivity (Wildman–Crippen MR) is 188 cm³/mol. The Morgan fingerprint density at radius 2 is 0.978 bits per heavy atom. The molecular formula is C42H27BO2. The molecule has 0 spiro atoms. The maximum Gasteiger partial charge on any atom is 0.252 e. The number of ether oxygens (including phenoxy) is 1. The summed E-state index contributed by atoms with van der Waals surface area (Å²) in [4.78, 5) is 0. The van der Waals surface area contributed by atoms with Crippen LogP contribution in [0.2, 0.25) is 0 Å². The summed E-state index contributed by atoms with van der Waals surface area (Å²) < 4.78 is 13.1. The Labute approximate surface area is 262 Å². The van der Waals surface area contributed by atoms with Gasteiger partial charge in [-0.2, -0.15) is 0 Å². The van der Waals surface area contributed by atoms with Crippen molar-refractivity contribution in [2.75, 3.05) is 0 Å². The molecule has 2 nitrogen and oxygen atoms in total. The second kappa shape index (κ2) is 10.4. The van der Waals surface area contributed by atoms with Gasteiger partial charge in [-0.3, -0.25) is 0 Å². The zero-order chi connectivity index (χ0) is 29.7. The monoisotopic (exact) mass is 574 g/mol. The Balaban J connectivity index is 1.45. The Hall–Kier alpha value is -5.80. The second-order valence-corrected chi connectivity index (χ2v) is 11.6. The van der Waals surface area contributed by atoms with Crippen molar-refractivity contribution in [3.05, 3.63) is 164 Å². The van der Waals surface area contributed by atoms with Crippen LogP contribution in [0, 0.1) is 0 Å². The summed E-state index contributed by atoms with van der Waals surface area (Å²) in [5.41, 5.74) is 12.3. The van der Waals surface area contributed by atoms with E-state index >= 15 is 0 Å². The fourth-order valence-electron chi connectivity index (χ4n) is 7.11. The number of para-hydroxylation sites is 4. The first-order valence-electron chi connectivity index (χ1n) is 15.4. The van der Waals surface area contributed by atoms with E-state index in [-0.39, 0.29) is 6.71 Å². The van der Waals surface area contributed by atoms with Crippen LogP contribution in [0.15, 0.2) is 168 Å². The third-order valence-corrected chi connectivity index (χ3v) is 9.06. The summed E-state index contributed by atoms with van der Waals surface area (Å²) in [6.45, 7) is -0.0635. The summed E-state index contributed by atoms with van der Waals surface area (Å²) in [5.74, 6) is 1.79. The highest BCUT2D eigenvalue weighted by molar-refractivity contribution is 6.98. The van der Waals surface area contributed by atoms with Gasteiger partial charge in [-0.25, -0.2) is 0 Å². The smallest absolute Gasteiger partial charge is 0.252 e. The van der Waals surface area contributed by atoms with Crippen molar-refractivity contribution in [3.8, 4) is 44.9 Å². The molecule has 9 rings (SSSR count). The Bertz CT molecular complexity index is 2310. The highest BCUT2D eigenvalue weighted by atomic mass is 16.5.